The number of hydrogen-bond donors (Lipinski definition) is 1. The molecule has 82 valence electrons. The molecule has 0 aromatic heterocycles. The molecule has 1 aromatic rings. The van der Waals surface area contributed by atoms with E-state index in [-0.39, 0.29) is 11.2 Å². The summed E-state index contributed by atoms with van der Waals surface area (Å²) >= 11 is 5.96. The van der Waals surface area contributed by atoms with E-state index >= 15 is 0 Å². The van der Waals surface area contributed by atoms with Crippen molar-refractivity contribution in [3.8, 4) is 5.75 Å². The first-order chi connectivity index (χ1) is 7.14. The molecule has 0 aliphatic heterocycles. The molecule has 0 amide bonds. The van der Waals surface area contributed by atoms with Gasteiger partial charge in [-0.05, 0) is 25.0 Å². The Morgan fingerprint density at radius 1 is 1.53 bits per heavy atom. The topological polar surface area (TPSA) is 35.2 Å². The van der Waals surface area contributed by atoms with E-state index in [1.807, 2.05) is 0 Å². The van der Waals surface area contributed by atoms with Gasteiger partial charge in [-0.1, -0.05) is 11.6 Å². The van der Waals surface area contributed by atoms with Crippen LogP contribution in [-0.4, -0.2) is 13.7 Å². The molecule has 2 nitrogen and oxygen atoms in total. The first kappa shape index (κ1) is 10.7. The lowest BCUT2D eigenvalue weighted by molar-refractivity contribution is 0.397. The number of hydrogen-bond acceptors (Lipinski definition) is 2. The summed E-state index contributed by atoms with van der Waals surface area (Å²) in [5.74, 6) is 0.152. The number of rotatable bonds is 3. The van der Waals surface area contributed by atoms with Crippen molar-refractivity contribution in [3.05, 3.63) is 28.5 Å². The maximum atomic E-state index is 13.7. The molecule has 1 saturated carbocycles. The zero-order chi connectivity index (χ0) is 11.1. The normalized spacial score (nSPS) is 17.6. The van der Waals surface area contributed by atoms with E-state index < -0.39 is 0 Å². The molecule has 0 radical (unpaired) electrons. The van der Waals surface area contributed by atoms with Gasteiger partial charge in [-0.3, -0.25) is 0 Å². The van der Waals surface area contributed by atoms with Crippen molar-refractivity contribution in [2.24, 2.45) is 5.73 Å². The number of halogens is 2. The fourth-order valence-corrected chi connectivity index (χ4v) is 2.17. The Morgan fingerprint density at radius 3 is 2.67 bits per heavy atom. The molecular weight excluding hydrogens is 217 g/mol. The smallest absolute Gasteiger partial charge is 0.144 e. The molecule has 1 aromatic carbocycles. The zero-order valence-electron chi connectivity index (χ0n) is 8.52. The third-order valence-corrected chi connectivity index (χ3v) is 3.34. The number of ether oxygens (including phenoxy) is 1. The summed E-state index contributed by atoms with van der Waals surface area (Å²) in [5.41, 5.74) is 5.97. The van der Waals surface area contributed by atoms with Crippen molar-refractivity contribution in [1.29, 1.82) is 0 Å². The van der Waals surface area contributed by atoms with E-state index in [0.29, 0.717) is 22.9 Å². The summed E-state index contributed by atoms with van der Waals surface area (Å²) in [7, 11) is 1.50. The summed E-state index contributed by atoms with van der Waals surface area (Å²) in [6.07, 6.45) is 1.80. The second-order valence-electron chi connectivity index (χ2n) is 3.92. The third-order valence-electron chi connectivity index (χ3n) is 3.04. The Bertz CT molecular complexity index is 390. The van der Waals surface area contributed by atoms with E-state index in [1.165, 1.54) is 19.2 Å². The minimum Gasteiger partial charge on any atom is -0.495 e. The van der Waals surface area contributed by atoms with Crippen LogP contribution >= 0.6 is 11.6 Å². The lowest BCUT2D eigenvalue weighted by atomic mass is 9.94. The monoisotopic (exact) mass is 229 g/mol. The Morgan fingerprint density at radius 2 is 2.20 bits per heavy atom. The van der Waals surface area contributed by atoms with E-state index in [4.69, 9.17) is 22.1 Å². The van der Waals surface area contributed by atoms with Crippen LogP contribution in [0.25, 0.3) is 0 Å². The van der Waals surface area contributed by atoms with Crippen molar-refractivity contribution in [2.75, 3.05) is 13.7 Å². The van der Waals surface area contributed by atoms with Crippen molar-refractivity contribution in [2.45, 2.75) is 18.3 Å². The predicted octanol–water partition coefficient (Wildman–Crippen LogP) is 2.48. The van der Waals surface area contributed by atoms with Crippen LogP contribution in [0.3, 0.4) is 0 Å². The van der Waals surface area contributed by atoms with Crippen LogP contribution in [0.15, 0.2) is 12.1 Å². The highest BCUT2D eigenvalue weighted by Crippen LogP contribution is 2.52. The van der Waals surface area contributed by atoms with Crippen molar-refractivity contribution in [3.63, 3.8) is 0 Å². The van der Waals surface area contributed by atoms with Crippen LogP contribution in [0.4, 0.5) is 4.39 Å². The SMILES string of the molecule is COc1c(Cl)ccc(F)c1C1(CN)CC1. The lowest BCUT2D eigenvalue weighted by Crippen LogP contribution is -2.22. The van der Waals surface area contributed by atoms with Gasteiger partial charge >= 0.3 is 0 Å². The van der Waals surface area contributed by atoms with Gasteiger partial charge in [0.2, 0.25) is 0 Å². The molecule has 0 spiro atoms. The summed E-state index contributed by atoms with van der Waals surface area (Å²) in [4.78, 5) is 0. The van der Waals surface area contributed by atoms with Crippen molar-refractivity contribution >= 4 is 11.6 Å². The quantitative estimate of drug-likeness (QED) is 0.864. The second-order valence-corrected chi connectivity index (χ2v) is 4.33. The maximum Gasteiger partial charge on any atom is 0.144 e. The Kier molecular flexibility index (Phi) is 2.61. The van der Waals surface area contributed by atoms with Gasteiger partial charge in [0.15, 0.2) is 0 Å². The highest BCUT2D eigenvalue weighted by Gasteiger charge is 2.47. The molecule has 15 heavy (non-hydrogen) atoms. The minimum atomic E-state index is -0.279. The third kappa shape index (κ3) is 1.60. The van der Waals surface area contributed by atoms with E-state index in [2.05, 4.69) is 0 Å². The number of benzene rings is 1. The molecule has 0 heterocycles. The standard InChI is InChI=1S/C11H13ClFNO/c1-15-10-7(12)2-3-8(13)9(10)11(6-14)4-5-11/h2-3H,4-6,14H2,1H3. The largest absolute Gasteiger partial charge is 0.495 e. The number of methoxy groups -OCH3 is 1. The van der Waals surface area contributed by atoms with Gasteiger partial charge in [0.05, 0.1) is 12.1 Å². The molecule has 0 saturated heterocycles. The van der Waals surface area contributed by atoms with E-state index in [0.717, 1.165) is 12.8 Å². The average molecular weight is 230 g/mol. The van der Waals surface area contributed by atoms with Crippen LogP contribution in [0, 0.1) is 5.82 Å². The van der Waals surface area contributed by atoms with E-state index in [1.54, 1.807) is 0 Å². The Labute approximate surface area is 93.2 Å². The highest BCUT2D eigenvalue weighted by molar-refractivity contribution is 6.32. The predicted molar refractivity (Wildman–Crippen MR) is 57.9 cm³/mol. The minimum absolute atomic E-state index is 0.250. The molecule has 2 rings (SSSR count). The van der Waals surface area contributed by atoms with Crippen LogP contribution in [-0.2, 0) is 5.41 Å². The maximum absolute atomic E-state index is 13.7. The highest BCUT2D eigenvalue weighted by atomic mass is 35.5. The molecule has 0 bridgehead atoms. The van der Waals surface area contributed by atoms with Crippen LogP contribution < -0.4 is 10.5 Å². The van der Waals surface area contributed by atoms with Crippen molar-refractivity contribution < 1.29 is 9.13 Å². The summed E-state index contributed by atoms with van der Waals surface area (Å²) in [6.45, 7) is 0.431. The Hall–Kier alpha value is -0.800. The molecule has 2 N–H and O–H groups in total. The fourth-order valence-electron chi connectivity index (χ4n) is 1.93. The lowest BCUT2D eigenvalue weighted by Gasteiger charge is -2.18. The van der Waals surface area contributed by atoms with Crippen molar-refractivity contribution in [1.82, 2.24) is 0 Å². The summed E-state index contributed by atoms with van der Waals surface area (Å²) < 4.78 is 18.9. The van der Waals surface area contributed by atoms with Crippen LogP contribution in [0.2, 0.25) is 5.02 Å². The van der Waals surface area contributed by atoms with Gasteiger partial charge in [0, 0.05) is 17.5 Å². The molecular formula is C11H13ClFNO. The van der Waals surface area contributed by atoms with Gasteiger partial charge in [-0.25, -0.2) is 4.39 Å². The zero-order valence-corrected chi connectivity index (χ0v) is 9.27. The molecule has 4 heteroatoms. The summed E-state index contributed by atoms with van der Waals surface area (Å²) in [5, 5.41) is 0.439. The van der Waals surface area contributed by atoms with Gasteiger partial charge < -0.3 is 10.5 Å². The average Bonchev–Trinajstić information content (AvgIpc) is 3.01. The fraction of sp³-hybridized carbons (Fsp3) is 0.455. The van der Waals surface area contributed by atoms with Gasteiger partial charge in [0.25, 0.3) is 0 Å². The van der Waals surface area contributed by atoms with Gasteiger partial charge in [-0.2, -0.15) is 0 Å². The first-order valence-corrected chi connectivity index (χ1v) is 5.25. The Balaban J connectivity index is 2.58. The summed E-state index contributed by atoms with van der Waals surface area (Å²) in [6, 6.07) is 2.88. The second kappa shape index (κ2) is 3.65. The van der Waals surface area contributed by atoms with Gasteiger partial charge in [-0.15, -0.1) is 0 Å². The van der Waals surface area contributed by atoms with Crippen LogP contribution in [0.1, 0.15) is 18.4 Å². The molecule has 1 fully saturated rings. The van der Waals surface area contributed by atoms with Gasteiger partial charge in [0.1, 0.15) is 11.6 Å². The molecule has 0 atom stereocenters. The first-order valence-electron chi connectivity index (χ1n) is 4.87. The number of nitrogens with two attached hydrogens (primary N) is 1. The molecule has 1 aliphatic rings. The molecule has 0 unspecified atom stereocenters. The van der Waals surface area contributed by atoms with E-state index in [9.17, 15) is 4.39 Å². The van der Waals surface area contributed by atoms with Crippen LogP contribution in [0.5, 0.6) is 5.75 Å². The molecule has 1 aliphatic carbocycles.